The summed E-state index contributed by atoms with van der Waals surface area (Å²) in [4.78, 5) is 17.9. The Bertz CT molecular complexity index is 1110. The monoisotopic (exact) mass is 459 g/mol. The van der Waals surface area contributed by atoms with Gasteiger partial charge in [-0.3, -0.25) is 10.1 Å². The number of nitriles is 1. The number of ether oxygens (including phenoxy) is 1. The number of carbonyl (C=O) groups is 1. The van der Waals surface area contributed by atoms with Crippen LogP contribution in [0.3, 0.4) is 0 Å². The number of thiazole rings is 1. The van der Waals surface area contributed by atoms with Crippen molar-refractivity contribution < 1.29 is 9.53 Å². The first-order valence-electron chi connectivity index (χ1n) is 11.2. The molecule has 0 fully saturated rings. The summed E-state index contributed by atoms with van der Waals surface area (Å²) in [5, 5.41) is 12.7. The van der Waals surface area contributed by atoms with Crippen molar-refractivity contribution in [2.45, 2.75) is 46.0 Å². The van der Waals surface area contributed by atoms with Crippen molar-refractivity contribution in [2.75, 3.05) is 11.9 Å². The summed E-state index contributed by atoms with van der Waals surface area (Å²) in [6.07, 6.45) is 8.72. The van der Waals surface area contributed by atoms with Crippen LogP contribution in [0.25, 0.3) is 6.08 Å². The van der Waals surface area contributed by atoms with Crippen molar-refractivity contribution in [3.63, 3.8) is 0 Å². The SMILES string of the molecule is CCCCCCOc1ccc(/C=C(\C#N)C(=O)Nc2ncc(Cc3ccc(C)cc3)s2)cc1. The fourth-order valence-electron chi connectivity index (χ4n) is 3.21. The molecule has 0 saturated carbocycles. The Balaban J connectivity index is 1.56. The Morgan fingerprint density at radius 2 is 1.88 bits per heavy atom. The summed E-state index contributed by atoms with van der Waals surface area (Å²) in [7, 11) is 0. The van der Waals surface area contributed by atoms with Crippen molar-refractivity contribution in [3.8, 4) is 11.8 Å². The molecule has 0 aliphatic carbocycles. The molecule has 0 saturated heterocycles. The minimum Gasteiger partial charge on any atom is -0.494 e. The summed E-state index contributed by atoms with van der Waals surface area (Å²) in [5.74, 6) is 0.320. The minimum atomic E-state index is -0.468. The van der Waals surface area contributed by atoms with E-state index in [0.29, 0.717) is 11.7 Å². The normalized spacial score (nSPS) is 11.1. The molecule has 0 bridgehead atoms. The van der Waals surface area contributed by atoms with E-state index in [0.717, 1.165) is 29.0 Å². The number of anilines is 1. The molecule has 5 nitrogen and oxygen atoms in total. The zero-order valence-electron chi connectivity index (χ0n) is 19.1. The lowest BCUT2D eigenvalue weighted by Crippen LogP contribution is -2.13. The smallest absolute Gasteiger partial charge is 0.268 e. The fourth-order valence-corrected chi connectivity index (χ4v) is 4.05. The molecule has 2 aromatic carbocycles. The Morgan fingerprint density at radius 1 is 1.12 bits per heavy atom. The molecule has 3 aromatic rings. The molecule has 0 atom stereocenters. The summed E-state index contributed by atoms with van der Waals surface area (Å²) in [5.41, 5.74) is 3.20. The van der Waals surface area contributed by atoms with Gasteiger partial charge in [0.1, 0.15) is 17.4 Å². The second-order valence-corrected chi connectivity index (χ2v) is 9.01. The first-order valence-corrected chi connectivity index (χ1v) is 12.1. The number of aromatic nitrogens is 1. The van der Waals surface area contributed by atoms with Crippen molar-refractivity contribution in [3.05, 3.63) is 81.9 Å². The van der Waals surface area contributed by atoms with Crippen molar-refractivity contribution in [1.29, 1.82) is 5.26 Å². The molecule has 1 amide bonds. The zero-order chi connectivity index (χ0) is 23.5. The van der Waals surface area contributed by atoms with E-state index in [1.165, 1.54) is 41.7 Å². The maximum atomic E-state index is 12.6. The van der Waals surface area contributed by atoms with E-state index < -0.39 is 5.91 Å². The lowest BCUT2D eigenvalue weighted by Gasteiger charge is -2.06. The highest BCUT2D eigenvalue weighted by molar-refractivity contribution is 7.15. The molecular weight excluding hydrogens is 430 g/mol. The predicted octanol–water partition coefficient (Wildman–Crippen LogP) is 6.55. The van der Waals surface area contributed by atoms with Crippen LogP contribution in [0.5, 0.6) is 5.75 Å². The van der Waals surface area contributed by atoms with Gasteiger partial charge in [0.2, 0.25) is 0 Å². The Morgan fingerprint density at radius 3 is 2.58 bits per heavy atom. The van der Waals surface area contributed by atoms with Gasteiger partial charge in [-0.05, 0) is 42.7 Å². The molecule has 1 heterocycles. The quantitative estimate of drug-likeness (QED) is 0.200. The number of unbranched alkanes of at least 4 members (excludes halogenated alkanes) is 3. The van der Waals surface area contributed by atoms with E-state index in [2.05, 4.69) is 48.4 Å². The molecular formula is C27H29N3O2S. The van der Waals surface area contributed by atoms with Crippen LogP contribution in [0.4, 0.5) is 5.13 Å². The molecule has 1 aromatic heterocycles. The highest BCUT2D eigenvalue weighted by atomic mass is 32.1. The lowest BCUT2D eigenvalue weighted by molar-refractivity contribution is -0.112. The van der Waals surface area contributed by atoms with Gasteiger partial charge in [-0.1, -0.05) is 68.1 Å². The highest BCUT2D eigenvalue weighted by Crippen LogP contribution is 2.22. The van der Waals surface area contributed by atoms with Crippen LogP contribution in [0, 0.1) is 18.3 Å². The van der Waals surface area contributed by atoms with Crippen LogP contribution in [0.2, 0.25) is 0 Å². The Hall–Kier alpha value is -3.43. The Labute approximate surface area is 199 Å². The third-order valence-corrected chi connectivity index (χ3v) is 6.01. The minimum absolute atomic E-state index is 0.0264. The number of aryl methyl sites for hydroxylation is 1. The van der Waals surface area contributed by atoms with Gasteiger partial charge >= 0.3 is 0 Å². The molecule has 0 unspecified atom stereocenters. The molecule has 0 radical (unpaired) electrons. The van der Waals surface area contributed by atoms with Crippen molar-refractivity contribution in [2.24, 2.45) is 0 Å². The third kappa shape index (κ3) is 7.89. The second-order valence-electron chi connectivity index (χ2n) is 7.90. The molecule has 6 heteroatoms. The predicted molar refractivity (Wildman–Crippen MR) is 134 cm³/mol. The van der Waals surface area contributed by atoms with Crippen molar-refractivity contribution in [1.82, 2.24) is 4.98 Å². The van der Waals surface area contributed by atoms with Gasteiger partial charge in [-0.2, -0.15) is 5.26 Å². The number of benzene rings is 2. The summed E-state index contributed by atoms with van der Waals surface area (Å²) < 4.78 is 5.74. The summed E-state index contributed by atoms with van der Waals surface area (Å²) in [6.45, 7) is 4.94. The number of nitrogens with zero attached hydrogens (tertiary/aromatic N) is 2. The maximum Gasteiger partial charge on any atom is 0.268 e. The fraction of sp³-hybridized carbons (Fsp3) is 0.296. The molecule has 3 rings (SSSR count). The van der Waals surface area contributed by atoms with E-state index in [1.54, 1.807) is 12.3 Å². The number of carbonyl (C=O) groups excluding carboxylic acids is 1. The average molecular weight is 460 g/mol. The first kappa shape index (κ1) is 24.2. The largest absolute Gasteiger partial charge is 0.494 e. The van der Waals surface area contributed by atoms with Crippen LogP contribution in [-0.4, -0.2) is 17.5 Å². The number of hydrogen-bond donors (Lipinski definition) is 1. The number of amides is 1. The van der Waals surface area contributed by atoms with E-state index in [4.69, 9.17) is 4.74 Å². The van der Waals surface area contributed by atoms with Crippen LogP contribution in [-0.2, 0) is 11.2 Å². The molecule has 0 aliphatic rings. The maximum absolute atomic E-state index is 12.6. The van der Waals surface area contributed by atoms with Gasteiger partial charge in [-0.25, -0.2) is 4.98 Å². The van der Waals surface area contributed by atoms with Gasteiger partial charge in [-0.15, -0.1) is 11.3 Å². The standard InChI is InChI=1S/C27H29N3O2S/c1-3-4-5-6-15-32-24-13-11-21(12-14-24)16-23(18-28)26(31)30-27-29-19-25(33-27)17-22-9-7-20(2)8-10-22/h7-14,16,19H,3-6,15,17H2,1-2H3,(H,29,30,31)/b23-16+. The van der Waals surface area contributed by atoms with E-state index in [-0.39, 0.29) is 5.57 Å². The molecule has 0 spiro atoms. The van der Waals surface area contributed by atoms with Crippen LogP contribution >= 0.6 is 11.3 Å². The molecule has 33 heavy (non-hydrogen) atoms. The first-order chi connectivity index (χ1) is 16.1. The number of nitrogens with one attached hydrogen (secondary N) is 1. The van der Waals surface area contributed by atoms with Gasteiger partial charge in [0.05, 0.1) is 6.61 Å². The van der Waals surface area contributed by atoms with Crippen molar-refractivity contribution >= 4 is 28.5 Å². The second kappa shape index (κ2) is 12.6. The summed E-state index contributed by atoms with van der Waals surface area (Å²) >= 11 is 1.41. The molecule has 1 N–H and O–H groups in total. The van der Waals surface area contributed by atoms with Gasteiger partial charge in [0.25, 0.3) is 5.91 Å². The van der Waals surface area contributed by atoms with Crippen LogP contribution in [0.15, 0.2) is 60.3 Å². The van der Waals surface area contributed by atoms with E-state index in [1.807, 2.05) is 30.3 Å². The zero-order valence-corrected chi connectivity index (χ0v) is 20.0. The molecule has 0 aliphatic heterocycles. The van der Waals surface area contributed by atoms with Gasteiger partial charge in [0, 0.05) is 17.5 Å². The van der Waals surface area contributed by atoms with Crippen LogP contribution < -0.4 is 10.1 Å². The van der Waals surface area contributed by atoms with E-state index in [9.17, 15) is 10.1 Å². The average Bonchev–Trinajstić information content (AvgIpc) is 3.26. The third-order valence-electron chi connectivity index (χ3n) is 5.10. The lowest BCUT2D eigenvalue weighted by atomic mass is 10.1. The Kier molecular flexibility index (Phi) is 9.22. The highest BCUT2D eigenvalue weighted by Gasteiger charge is 2.12. The molecule has 170 valence electrons. The van der Waals surface area contributed by atoms with Gasteiger partial charge < -0.3 is 4.74 Å². The summed E-state index contributed by atoms with van der Waals surface area (Å²) in [6, 6.07) is 17.7. The van der Waals surface area contributed by atoms with Crippen LogP contribution in [0.1, 0.15) is 54.2 Å². The van der Waals surface area contributed by atoms with E-state index >= 15 is 0 Å². The topological polar surface area (TPSA) is 75.0 Å². The number of hydrogen-bond acceptors (Lipinski definition) is 5. The number of rotatable bonds is 11. The van der Waals surface area contributed by atoms with Gasteiger partial charge in [0.15, 0.2) is 5.13 Å².